The number of non-ortho nitro benzene ring substituents is 1. The van der Waals surface area contributed by atoms with Crippen molar-refractivity contribution < 1.29 is 29.2 Å². The van der Waals surface area contributed by atoms with Crippen LogP contribution in [0, 0.1) is 10.1 Å². The summed E-state index contributed by atoms with van der Waals surface area (Å²) in [5, 5.41) is 20.3. The van der Waals surface area contributed by atoms with Gasteiger partial charge in [0.25, 0.3) is 16.8 Å². The zero-order chi connectivity index (χ0) is 23.4. The van der Waals surface area contributed by atoms with Crippen molar-refractivity contribution in [2.24, 2.45) is 0 Å². The van der Waals surface area contributed by atoms with Gasteiger partial charge in [-0.1, -0.05) is 6.08 Å². The summed E-state index contributed by atoms with van der Waals surface area (Å²) in [6.45, 7) is 3.16. The van der Waals surface area contributed by atoms with Crippen molar-refractivity contribution >= 4 is 40.5 Å². The van der Waals surface area contributed by atoms with Crippen LogP contribution in [-0.2, 0) is 11.2 Å². The highest BCUT2D eigenvalue weighted by molar-refractivity contribution is 8.18. The molecule has 2 aromatic carbocycles. The number of ketones is 1. The molecule has 2 aromatic rings. The molecule has 0 spiro atoms. The normalized spacial score (nSPS) is 14.7. The van der Waals surface area contributed by atoms with Crippen molar-refractivity contribution in [1.82, 2.24) is 4.90 Å². The van der Waals surface area contributed by atoms with Crippen LogP contribution in [0.25, 0.3) is 6.08 Å². The molecule has 1 N–H and O–H groups in total. The number of Topliss-reactive ketones (excluding diaryl/α,β-unsaturated/α-hetero) is 1. The lowest BCUT2D eigenvalue weighted by Crippen LogP contribution is -2.33. The van der Waals surface area contributed by atoms with Crippen molar-refractivity contribution in [3.63, 3.8) is 0 Å². The summed E-state index contributed by atoms with van der Waals surface area (Å²) >= 11 is 0.691. The Hall–Kier alpha value is -3.92. The van der Waals surface area contributed by atoms with Crippen LogP contribution in [0.2, 0.25) is 0 Å². The average Bonchev–Trinajstić information content (AvgIpc) is 3.03. The molecule has 1 saturated heterocycles. The number of imide groups is 1. The molecule has 0 unspecified atom stereocenters. The minimum absolute atomic E-state index is 0.0358. The molecule has 3 rings (SSSR count). The van der Waals surface area contributed by atoms with Gasteiger partial charge in [0.05, 0.1) is 23.5 Å². The van der Waals surface area contributed by atoms with Gasteiger partial charge in [0, 0.05) is 23.3 Å². The second-order valence-electron chi connectivity index (χ2n) is 6.72. The Morgan fingerprint density at radius 1 is 1.28 bits per heavy atom. The molecule has 0 bridgehead atoms. The molecule has 0 saturated carbocycles. The number of amides is 2. The number of allylic oxidation sites excluding steroid dienone is 1. The molecule has 0 aromatic heterocycles. The topological polar surface area (TPSA) is 127 Å². The predicted molar refractivity (Wildman–Crippen MR) is 119 cm³/mol. The number of ether oxygens (including phenoxy) is 1. The van der Waals surface area contributed by atoms with E-state index in [1.165, 1.54) is 43.5 Å². The van der Waals surface area contributed by atoms with Crippen LogP contribution < -0.4 is 4.74 Å². The first kappa shape index (κ1) is 22.8. The summed E-state index contributed by atoms with van der Waals surface area (Å²) in [6, 6.07) is 8.09. The number of carbonyl (C=O) groups is 3. The molecule has 0 radical (unpaired) electrons. The Morgan fingerprint density at radius 3 is 2.56 bits per heavy atom. The van der Waals surface area contributed by atoms with Crippen LogP contribution in [0.3, 0.4) is 0 Å². The highest BCUT2D eigenvalue weighted by atomic mass is 32.2. The highest BCUT2D eigenvalue weighted by Gasteiger charge is 2.36. The van der Waals surface area contributed by atoms with E-state index in [9.17, 15) is 29.6 Å². The third kappa shape index (κ3) is 4.70. The van der Waals surface area contributed by atoms with Crippen molar-refractivity contribution in [3.05, 3.63) is 80.8 Å². The maximum absolute atomic E-state index is 12.7. The second-order valence-corrected chi connectivity index (χ2v) is 7.71. The number of nitro benzene ring substituents is 1. The van der Waals surface area contributed by atoms with Crippen molar-refractivity contribution in [2.45, 2.75) is 6.42 Å². The van der Waals surface area contributed by atoms with Crippen LogP contribution in [0.1, 0.15) is 21.5 Å². The number of benzene rings is 2. The van der Waals surface area contributed by atoms with E-state index in [0.29, 0.717) is 29.3 Å². The number of thioether (sulfide) groups is 1. The number of methoxy groups -OCH3 is 1. The Kier molecular flexibility index (Phi) is 6.74. The fraction of sp³-hybridized carbons (Fsp3) is 0.136. The van der Waals surface area contributed by atoms with Crippen LogP contribution in [0.4, 0.5) is 10.5 Å². The van der Waals surface area contributed by atoms with Crippen molar-refractivity contribution in [2.75, 3.05) is 13.7 Å². The van der Waals surface area contributed by atoms with Crippen LogP contribution in [-0.4, -0.2) is 45.5 Å². The Bertz CT molecular complexity index is 1160. The van der Waals surface area contributed by atoms with E-state index in [2.05, 4.69) is 6.58 Å². The van der Waals surface area contributed by atoms with Gasteiger partial charge in [-0.15, -0.1) is 6.58 Å². The molecule has 0 aliphatic carbocycles. The summed E-state index contributed by atoms with van der Waals surface area (Å²) in [6.07, 6.45) is 3.46. The summed E-state index contributed by atoms with van der Waals surface area (Å²) < 4.78 is 5.16. The molecule has 0 atom stereocenters. The molecule has 32 heavy (non-hydrogen) atoms. The van der Waals surface area contributed by atoms with Gasteiger partial charge in [0.2, 0.25) is 0 Å². The van der Waals surface area contributed by atoms with Gasteiger partial charge in [-0.25, -0.2) is 0 Å². The number of nitrogens with zero attached hydrogens (tertiary/aromatic N) is 2. The van der Waals surface area contributed by atoms with Gasteiger partial charge in [-0.2, -0.15) is 0 Å². The van der Waals surface area contributed by atoms with Gasteiger partial charge in [-0.05, 0) is 54.1 Å². The Morgan fingerprint density at radius 2 is 1.97 bits per heavy atom. The van der Waals surface area contributed by atoms with Crippen LogP contribution in [0.5, 0.6) is 11.5 Å². The maximum Gasteiger partial charge on any atom is 0.293 e. The molecule has 1 heterocycles. The number of nitro groups is 1. The maximum atomic E-state index is 12.7. The number of carbonyl (C=O) groups excluding carboxylic acids is 3. The van der Waals surface area contributed by atoms with Crippen LogP contribution >= 0.6 is 11.8 Å². The summed E-state index contributed by atoms with van der Waals surface area (Å²) in [7, 11) is 1.40. The first-order valence-electron chi connectivity index (χ1n) is 9.29. The number of rotatable bonds is 8. The highest BCUT2D eigenvalue weighted by Crippen LogP contribution is 2.36. The molecular weight excluding hydrogens is 436 g/mol. The number of hydrogen-bond acceptors (Lipinski definition) is 8. The van der Waals surface area contributed by atoms with Crippen molar-refractivity contribution in [1.29, 1.82) is 0 Å². The van der Waals surface area contributed by atoms with Crippen molar-refractivity contribution in [3.8, 4) is 11.5 Å². The third-order valence-corrected chi connectivity index (χ3v) is 5.54. The van der Waals surface area contributed by atoms with E-state index >= 15 is 0 Å². The molecule has 1 aliphatic heterocycles. The van der Waals surface area contributed by atoms with Gasteiger partial charge in [0.15, 0.2) is 17.3 Å². The minimum Gasteiger partial charge on any atom is -0.504 e. The molecule has 1 fully saturated rings. The first-order valence-corrected chi connectivity index (χ1v) is 10.1. The van der Waals surface area contributed by atoms with E-state index in [1.54, 1.807) is 12.1 Å². The SMILES string of the molecule is C=CCc1cc(/C=C2\SC(=O)N(CC(=O)c3ccc([N+](=O)[O-])cc3)C2=O)cc(OC)c1O. The summed E-state index contributed by atoms with van der Waals surface area (Å²) in [5.74, 6) is -0.981. The lowest BCUT2D eigenvalue weighted by Gasteiger charge is -2.11. The second kappa shape index (κ2) is 9.48. The summed E-state index contributed by atoms with van der Waals surface area (Å²) in [5.41, 5.74) is 1.05. The number of phenols is 1. The standard InChI is InChI=1S/C22H18N2O7S/c1-3-4-15-9-13(10-18(31-2)20(15)26)11-19-21(27)23(22(28)32-19)12-17(25)14-5-7-16(8-6-14)24(29)30/h3,5-11,26H,1,4,12H2,2H3/b19-11-. The van der Waals surface area contributed by atoms with E-state index in [4.69, 9.17) is 4.74 Å². The number of phenolic OH excluding ortho intramolecular Hbond substituents is 1. The molecule has 9 nitrogen and oxygen atoms in total. The van der Waals surface area contributed by atoms with E-state index in [-0.39, 0.29) is 27.7 Å². The fourth-order valence-corrected chi connectivity index (χ4v) is 3.87. The van der Waals surface area contributed by atoms with E-state index < -0.39 is 28.4 Å². The quantitative estimate of drug-likeness (QED) is 0.209. The third-order valence-electron chi connectivity index (χ3n) is 4.63. The van der Waals surface area contributed by atoms with E-state index in [1.807, 2.05) is 0 Å². The lowest BCUT2D eigenvalue weighted by atomic mass is 10.1. The fourth-order valence-electron chi connectivity index (χ4n) is 3.03. The molecule has 2 amide bonds. The molecule has 164 valence electrons. The Balaban J connectivity index is 1.82. The van der Waals surface area contributed by atoms with Gasteiger partial charge in [-0.3, -0.25) is 29.4 Å². The monoisotopic (exact) mass is 454 g/mol. The smallest absolute Gasteiger partial charge is 0.293 e. The minimum atomic E-state index is -0.632. The summed E-state index contributed by atoms with van der Waals surface area (Å²) in [4.78, 5) is 48.7. The molecule has 10 heteroatoms. The molecule has 1 aliphatic rings. The lowest BCUT2D eigenvalue weighted by molar-refractivity contribution is -0.384. The Labute approximate surface area is 187 Å². The zero-order valence-electron chi connectivity index (χ0n) is 16.9. The largest absolute Gasteiger partial charge is 0.504 e. The van der Waals surface area contributed by atoms with Gasteiger partial charge in [0.1, 0.15) is 0 Å². The van der Waals surface area contributed by atoms with Crippen LogP contribution in [0.15, 0.2) is 54.0 Å². The number of hydrogen-bond donors (Lipinski definition) is 1. The molecular formula is C22H18N2O7S. The average molecular weight is 454 g/mol. The number of aromatic hydroxyl groups is 1. The predicted octanol–water partition coefficient (Wildman–Crippen LogP) is 3.96. The van der Waals surface area contributed by atoms with Gasteiger partial charge < -0.3 is 9.84 Å². The van der Waals surface area contributed by atoms with E-state index in [0.717, 1.165) is 4.90 Å². The van der Waals surface area contributed by atoms with Gasteiger partial charge >= 0.3 is 0 Å². The first-order chi connectivity index (χ1) is 15.2. The zero-order valence-corrected chi connectivity index (χ0v) is 17.8.